The molecular weight excluding hydrogens is 328 g/mol. The molecule has 0 saturated carbocycles. The van der Waals surface area contributed by atoms with Crippen molar-refractivity contribution in [3.63, 3.8) is 0 Å². The van der Waals surface area contributed by atoms with Gasteiger partial charge in [0.1, 0.15) is 0 Å². The molecule has 0 amide bonds. The third-order valence-corrected chi connectivity index (χ3v) is 5.82. The molecule has 2 aliphatic heterocycles. The standard InChI is InChI=1S/C14H20N2O4S.ClH/c1-15-8-11-3-2-6-16(9-11)21(17,18)12-4-5-13-14(7-12)20-10-19-13;/h4-5,7,11,15H,2-3,6,8-10H2,1H3;1H. The molecule has 0 aromatic heterocycles. The van der Waals surface area contributed by atoms with E-state index in [9.17, 15) is 8.42 Å². The van der Waals surface area contributed by atoms with Gasteiger partial charge in [0.15, 0.2) is 11.5 Å². The number of sulfonamides is 1. The summed E-state index contributed by atoms with van der Waals surface area (Å²) in [6.07, 6.45) is 1.96. The van der Waals surface area contributed by atoms with Crippen molar-refractivity contribution >= 4 is 22.4 Å². The molecule has 6 nitrogen and oxygen atoms in total. The van der Waals surface area contributed by atoms with E-state index in [1.54, 1.807) is 22.5 Å². The maximum Gasteiger partial charge on any atom is 0.243 e. The first kappa shape index (κ1) is 17.3. The second-order valence-corrected chi connectivity index (χ2v) is 7.38. The van der Waals surface area contributed by atoms with Crippen molar-refractivity contribution in [2.24, 2.45) is 5.92 Å². The molecule has 0 spiro atoms. The first-order valence-corrected chi connectivity index (χ1v) is 8.59. The van der Waals surface area contributed by atoms with Crippen LogP contribution in [0, 0.1) is 5.92 Å². The van der Waals surface area contributed by atoms with Gasteiger partial charge in [0.2, 0.25) is 16.8 Å². The highest BCUT2D eigenvalue weighted by molar-refractivity contribution is 7.89. The zero-order valence-corrected chi connectivity index (χ0v) is 14.1. The Balaban J connectivity index is 0.00000176. The lowest BCUT2D eigenvalue weighted by Crippen LogP contribution is -2.42. The Kier molecular flexibility index (Phi) is 5.55. The van der Waals surface area contributed by atoms with E-state index in [0.29, 0.717) is 30.5 Å². The molecule has 22 heavy (non-hydrogen) atoms. The molecule has 1 aromatic rings. The number of rotatable bonds is 4. The predicted octanol–water partition coefficient (Wildman–Crippen LogP) is 1.46. The lowest BCUT2D eigenvalue weighted by atomic mass is 10.00. The van der Waals surface area contributed by atoms with Gasteiger partial charge in [-0.05, 0) is 44.5 Å². The quantitative estimate of drug-likeness (QED) is 0.892. The summed E-state index contributed by atoms with van der Waals surface area (Å²) in [7, 11) is -1.57. The van der Waals surface area contributed by atoms with Crippen molar-refractivity contribution in [3.05, 3.63) is 18.2 Å². The Labute approximate surface area is 137 Å². The van der Waals surface area contributed by atoms with Gasteiger partial charge in [-0.3, -0.25) is 0 Å². The van der Waals surface area contributed by atoms with Gasteiger partial charge in [-0.25, -0.2) is 8.42 Å². The van der Waals surface area contributed by atoms with E-state index in [2.05, 4.69) is 5.32 Å². The van der Waals surface area contributed by atoms with Crippen molar-refractivity contribution in [1.82, 2.24) is 9.62 Å². The van der Waals surface area contributed by atoms with Crippen LogP contribution in [0.4, 0.5) is 0 Å². The Morgan fingerprint density at radius 3 is 2.86 bits per heavy atom. The number of halogens is 1. The highest BCUT2D eigenvalue weighted by atomic mass is 35.5. The Hall–Kier alpha value is -1.02. The topological polar surface area (TPSA) is 67.9 Å². The summed E-state index contributed by atoms with van der Waals surface area (Å²) in [5.41, 5.74) is 0. The number of piperidine rings is 1. The van der Waals surface area contributed by atoms with Crippen LogP contribution in [0.15, 0.2) is 23.1 Å². The fourth-order valence-corrected chi connectivity index (χ4v) is 4.46. The lowest BCUT2D eigenvalue weighted by Gasteiger charge is -2.31. The van der Waals surface area contributed by atoms with Gasteiger partial charge < -0.3 is 14.8 Å². The Morgan fingerprint density at radius 1 is 1.32 bits per heavy atom. The van der Waals surface area contributed by atoms with Gasteiger partial charge in [-0.2, -0.15) is 4.31 Å². The third-order valence-electron chi connectivity index (χ3n) is 3.96. The van der Waals surface area contributed by atoms with Crippen molar-refractivity contribution in [1.29, 1.82) is 0 Å². The molecule has 2 aliphatic rings. The predicted molar refractivity (Wildman–Crippen MR) is 85.2 cm³/mol. The Morgan fingerprint density at radius 2 is 2.09 bits per heavy atom. The summed E-state index contributed by atoms with van der Waals surface area (Å²) in [4.78, 5) is 0.275. The second kappa shape index (κ2) is 7.04. The van der Waals surface area contributed by atoms with Crippen LogP contribution < -0.4 is 14.8 Å². The van der Waals surface area contributed by atoms with E-state index in [1.165, 1.54) is 0 Å². The molecule has 1 fully saturated rings. The fraction of sp³-hybridized carbons (Fsp3) is 0.571. The molecule has 0 aliphatic carbocycles. The average molecular weight is 349 g/mol. The number of nitrogens with one attached hydrogen (secondary N) is 1. The van der Waals surface area contributed by atoms with Crippen LogP contribution in [0.25, 0.3) is 0 Å². The van der Waals surface area contributed by atoms with Gasteiger partial charge in [0.05, 0.1) is 4.90 Å². The van der Waals surface area contributed by atoms with Crippen LogP contribution in [0.1, 0.15) is 12.8 Å². The maximum atomic E-state index is 12.7. The molecule has 3 rings (SSSR count). The number of hydrogen-bond acceptors (Lipinski definition) is 5. The highest BCUT2D eigenvalue weighted by Gasteiger charge is 2.31. The number of benzene rings is 1. The van der Waals surface area contributed by atoms with E-state index in [4.69, 9.17) is 9.47 Å². The van der Waals surface area contributed by atoms with Crippen LogP contribution in [0.3, 0.4) is 0 Å². The summed E-state index contributed by atoms with van der Waals surface area (Å²) in [5.74, 6) is 1.47. The highest BCUT2D eigenvalue weighted by Crippen LogP contribution is 2.35. The lowest BCUT2D eigenvalue weighted by molar-refractivity contribution is 0.174. The molecule has 0 bridgehead atoms. The van der Waals surface area contributed by atoms with Crippen molar-refractivity contribution < 1.29 is 17.9 Å². The molecule has 1 unspecified atom stereocenters. The van der Waals surface area contributed by atoms with Crippen LogP contribution in [0.2, 0.25) is 0 Å². The maximum absolute atomic E-state index is 12.7. The second-order valence-electron chi connectivity index (χ2n) is 5.44. The molecule has 0 radical (unpaired) electrons. The molecule has 1 aromatic carbocycles. The average Bonchev–Trinajstić information content (AvgIpc) is 2.95. The number of nitrogens with zero attached hydrogens (tertiary/aromatic N) is 1. The van der Waals surface area contributed by atoms with Gasteiger partial charge >= 0.3 is 0 Å². The number of hydrogen-bond donors (Lipinski definition) is 1. The summed E-state index contributed by atoms with van der Waals surface area (Å²) in [6.45, 7) is 2.13. The zero-order valence-electron chi connectivity index (χ0n) is 12.4. The van der Waals surface area contributed by atoms with Crippen LogP contribution in [-0.2, 0) is 10.0 Å². The Bertz CT molecular complexity index is 621. The van der Waals surface area contributed by atoms with Crippen molar-refractivity contribution in [2.45, 2.75) is 17.7 Å². The number of fused-ring (bicyclic) bond motifs is 1. The minimum atomic E-state index is -3.46. The zero-order chi connectivity index (χ0) is 14.9. The smallest absolute Gasteiger partial charge is 0.243 e. The first-order chi connectivity index (χ1) is 10.1. The molecule has 1 saturated heterocycles. The van der Waals surface area contributed by atoms with E-state index in [-0.39, 0.29) is 24.1 Å². The molecular formula is C14H21ClN2O4S. The molecule has 2 heterocycles. The number of ether oxygens (including phenoxy) is 2. The van der Waals surface area contributed by atoms with Crippen LogP contribution in [-0.4, -0.2) is 46.2 Å². The molecule has 1 N–H and O–H groups in total. The van der Waals surface area contributed by atoms with Crippen LogP contribution in [0.5, 0.6) is 11.5 Å². The van der Waals surface area contributed by atoms with Gasteiger partial charge in [-0.15, -0.1) is 12.4 Å². The van der Waals surface area contributed by atoms with E-state index in [1.807, 2.05) is 7.05 Å². The van der Waals surface area contributed by atoms with Gasteiger partial charge in [-0.1, -0.05) is 0 Å². The summed E-state index contributed by atoms with van der Waals surface area (Å²) >= 11 is 0. The van der Waals surface area contributed by atoms with Gasteiger partial charge in [0, 0.05) is 19.2 Å². The van der Waals surface area contributed by atoms with E-state index in [0.717, 1.165) is 19.4 Å². The summed E-state index contributed by atoms with van der Waals surface area (Å²) < 4.78 is 37.6. The fourth-order valence-electron chi connectivity index (χ4n) is 2.89. The van der Waals surface area contributed by atoms with Crippen molar-refractivity contribution in [2.75, 3.05) is 33.5 Å². The summed E-state index contributed by atoms with van der Waals surface area (Å²) in [6, 6.07) is 4.80. The monoisotopic (exact) mass is 348 g/mol. The largest absolute Gasteiger partial charge is 0.454 e. The third kappa shape index (κ3) is 3.32. The minimum absolute atomic E-state index is 0. The SMILES string of the molecule is CNCC1CCCN(S(=O)(=O)c2ccc3c(c2)OCO3)C1.Cl. The minimum Gasteiger partial charge on any atom is -0.454 e. The molecule has 1 atom stereocenters. The summed E-state index contributed by atoms with van der Waals surface area (Å²) in [5, 5.41) is 3.13. The van der Waals surface area contributed by atoms with E-state index >= 15 is 0 Å². The van der Waals surface area contributed by atoms with Gasteiger partial charge in [0.25, 0.3) is 0 Å². The van der Waals surface area contributed by atoms with Crippen LogP contribution >= 0.6 is 12.4 Å². The van der Waals surface area contributed by atoms with Crippen molar-refractivity contribution in [3.8, 4) is 11.5 Å². The normalized spacial score (nSPS) is 21.4. The first-order valence-electron chi connectivity index (χ1n) is 7.15. The molecule has 124 valence electrons. The van der Waals surface area contributed by atoms with E-state index < -0.39 is 10.0 Å². The molecule has 8 heteroatoms.